The molecule has 1 N–H and O–H groups in total. The highest BCUT2D eigenvalue weighted by atomic mass is 16.5. The molecule has 0 aliphatic heterocycles. The molecule has 1 aromatic rings. The van der Waals surface area contributed by atoms with E-state index in [9.17, 15) is 5.11 Å². The first-order valence-corrected chi connectivity index (χ1v) is 8.06. The molecule has 1 aliphatic rings. The summed E-state index contributed by atoms with van der Waals surface area (Å²) in [6.07, 6.45) is 5.80. The van der Waals surface area contributed by atoms with Crippen molar-refractivity contribution in [1.82, 2.24) is 9.78 Å². The molecule has 0 aromatic carbocycles. The van der Waals surface area contributed by atoms with E-state index in [1.807, 2.05) is 4.68 Å². The highest BCUT2D eigenvalue weighted by molar-refractivity contribution is 5.33. The van der Waals surface area contributed by atoms with Gasteiger partial charge in [-0.2, -0.15) is 5.10 Å². The molecule has 0 bridgehead atoms. The minimum absolute atomic E-state index is 0.0479. The van der Waals surface area contributed by atoms with E-state index in [2.05, 4.69) is 39.7 Å². The summed E-state index contributed by atoms with van der Waals surface area (Å²) in [5.74, 6) is 0.921. The summed E-state index contributed by atoms with van der Waals surface area (Å²) >= 11 is 0. The van der Waals surface area contributed by atoms with E-state index in [0.29, 0.717) is 5.75 Å². The van der Waals surface area contributed by atoms with Gasteiger partial charge in [0, 0.05) is 6.04 Å². The van der Waals surface area contributed by atoms with Gasteiger partial charge in [0.25, 0.3) is 0 Å². The molecule has 21 heavy (non-hydrogen) atoms. The quantitative estimate of drug-likeness (QED) is 0.919. The predicted molar refractivity (Wildman–Crippen MR) is 84.5 cm³/mol. The summed E-state index contributed by atoms with van der Waals surface area (Å²) < 4.78 is 7.45. The van der Waals surface area contributed by atoms with Crippen molar-refractivity contribution in [3.8, 4) is 5.75 Å². The maximum atomic E-state index is 11.6. The van der Waals surface area contributed by atoms with Crippen LogP contribution in [0, 0.1) is 11.3 Å². The van der Waals surface area contributed by atoms with E-state index >= 15 is 0 Å². The first-order chi connectivity index (χ1) is 9.71. The van der Waals surface area contributed by atoms with Gasteiger partial charge in [-0.1, -0.05) is 33.6 Å². The predicted octanol–water partition coefficient (Wildman–Crippen LogP) is 3.90. The normalized spacial score (nSPS) is 27.1. The van der Waals surface area contributed by atoms with Gasteiger partial charge in [-0.25, -0.2) is 0 Å². The van der Waals surface area contributed by atoms with Gasteiger partial charge < -0.3 is 9.84 Å². The minimum Gasteiger partial charge on any atom is -0.493 e. The standard InChI is InChI=1S/C17H30N2O2/c1-12(2)19-15(13(21-6)11-18-19)17(20)10-8-7-9-14(17)16(3,4)5/h11-12,14,20H,7-10H2,1-6H3. The van der Waals surface area contributed by atoms with Crippen LogP contribution in [-0.2, 0) is 5.60 Å². The average Bonchev–Trinajstić information content (AvgIpc) is 2.82. The van der Waals surface area contributed by atoms with Crippen molar-refractivity contribution >= 4 is 0 Å². The van der Waals surface area contributed by atoms with Gasteiger partial charge in [-0.05, 0) is 38.0 Å². The second kappa shape index (κ2) is 5.64. The Morgan fingerprint density at radius 3 is 2.57 bits per heavy atom. The van der Waals surface area contributed by atoms with E-state index < -0.39 is 5.60 Å². The molecule has 1 aromatic heterocycles. The van der Waals surface area contributed by atoms with Crippen molar-refractivity contribution in [2.24, 2.45) is 11.3 Å². The summed E-state index contributed by atoms with van der Waals surface area (Å²) in [5.41, 5.74) is 0.0501. The Bertz CT molecular complexity index is 487. The Hall–Kier alpha value is -1.03. The molecule has 2 atom stereocenters. The van der Waals surface area contributed by atoms with Gasteiger partial charge in [0.1, 0.15) is 11.3 Å². The fraction of sp³-hybridized carbons (Fsp3) is 0.824. The number of hydrogen-bond acceptors (Lipinski definition) is 3. The highest BCUT2D eigenvalue weighted by Crippen LogP contribution is 2.52. The molecule has 1 fully saturated rings. The number of methoxy groups -OCH3 is 1. The lowest BCUT2D eigenvalue weighted by Crippen LogP contribution is -2.46. The zero-order chi connectivity index (χ0) is 15.8. The number of aliphatic hydroxyl groups is 1. The van der Waals surface area contributed by atoms with E-state index in [1.54, 1.807) is 13.3 Å². The fourth-order valence-electron chi connectivity index (χ4n) is 3.89. The molecule has 1 heterocycles. The molecule has 1 saturated carbocycles. The summed E-state index contributed by atoms with van der Waals surface area (Å²) in [4.78, 5) is 0. The zero-order valence-electron chi connectivity index (χ0n) is 14.3. The average molecular weight is 294 g/mol. The van der Waals surface area contributed by atoms with Crippen LogP contribution in [0.15, 0.2) is 6.20 Å². The molecule has 4 nitrogen and oxygen atoms in total. The Kier molecular flexibility index (Phi) is 4.39. The van der Waals surface area contributed by atoms with Crippen molar-refractivity contribution < 1.29 is 9.84 Å². The Morgan fingerprint density at radius 2 is 2.05 bits per heavy atom. The largest absolute Gasteiger partial charge is 0.493 e. The summed E-state index contributed by atoms with van der Waals surface area (Å²) in [7, 11) is 1.66. The molecule has 2 rings (SSSR count). The summed E-state index contributed by atoms with van der Waals surface area (Å²) in [5, 5.41) is 16.1. The van der Waals surface area contributed by atoms with Crippen molar-refractivity contribution in [3.63, 3.8) is 0 Å². The maximum Gasteiger partial charge on any atom is 0.162 e. The summed E-state index contributed by atoms with van der Waals surface area (Å²) in [6.45, 7) is 10.8. The molecule has 0 saturated heterocycles. The van der Waals surface area contributed by atoms with Crippen molar-refractivity contribution in [2.75, 3.05) is 7.11 Å². The van der Waals surface area contributed by atoms with Gasteiger partial charge in [-0.3, -0.25) is 4.68 Å². The Labute approximate surface area is 128 Å². The third kappa shape index (κ3) is 2.83. The van der Waals surface area contributed by atoms with Crippen LogP contribution in [0.4, 0.5) is 0 Å². The van der Waals surface area contributed by atoms with E-state index in [1.165, 1.54) is 6.42 Å². The lowest BCUT2D eigenvalue weighted by molar-refractivity contribution is -0.103. The van der Waals surface area contributed by atoms with Crippen LogP contribution in [0.1, 0.15) is 72.0 Å². The van der Waals surface area contributed by atoms with E-state index in [-0.39, 0.29) is 17.4 Å². The van der Waals surface area contributed by atoms with E-state index in [4.69, 9.17) is 4.74 Å². The van der Waals surface area contributed by atoms with Crippen LogP contribution in [0.2, 0.25) is 0 Å². The minimum atomic E-state index is -0.859. The van der Waals surface area contributed by atoms with Gasteiger partial charge >= 0.3 is 0 Å². The van der Waals surface area contributed by atoms with Crippen LogP contribution in [0.25, 0.3) is 0 Å². The smallest absolute Gasteiger partial charge is 0.162 e. The molecule has 120 valence electrons. The second-order valence-electron chi connectivity index (χ2n) is 7.69. The van der Waals surface area contributed by atoms with Gasteiger partial charge in [-0.15, -0.1) is 0 Å². The molecular weight excluding hydrogens is 264 g/mol. The van der Waals surface area contributed by atoms with Gasteiger partial charge in [0.2, 0.25) is 0 Å². The molecule has 2 unspecified atom stereocenters. The maximum absolute atomic E-state index is 11.6. The van der Waals surface area contributed by atoms with Crippen LogP contribution in [-0.4, -0.2) is 22.0 Å². The molecular formula is C17H30N2O2. The topological polar surface area (TPSA) is 47.3 Å². The van der Waals surface area contributed by atoms with Crippen molar-refractivity contribution in [1.29, 1.82) is 0 Å². The zero-order valence-corrected chi connectivity index (χ0v) is 14.3. The lowest BCUT2D eigenvalue weighted by atomic mass is 9.62. The lowest BCUT2D eigenvalue weighted by Gasteiger charge is -2.47. The molecule has 0 radical (unpaired) electrons. The van der Waals surface area contributed by atoms with Crippen molar-refractivity contribution in [2.45, 2.75) is 71.9 Å². The first-order valence-electron chi connectivity index (χ1n) is 8.06. The monoisotopic (exact) mass is 294 g/mol. The number of ether oxygens (including phenoxy) is 1. The fourth-order valence-corrected chi connectivity index (χ4v) is 3.89. The van der Waals surface area contributed by atoms with Gasteiger partial charge in [0.05, 0.1) is 13.3 Å². The number of rotatable bonds is 3. The molecule has 1 aliphatic carbocycles. The highest BCUT2D eigenvalue weighted by Gasteiger charge is 2.49. The number of aromatic nitrogens is 2. The Morgan fingerprint density at radius 1 is 1.38 bits per heavy atom. The third-order valence-electron chi connectivity index (χ3n) is 4.80. The first kappa shape index (κ1) is 16.3. The third-order valence-corrected chi connectivity index (χ3v) is 4.80. The van der Waals surface area contributed by atoms with Crippen LogP contribution < -0.4 is 4.74 Å². The van der Waals surface area contributed by atoms with Crippen LogP contribution >= 0.6 is 0 Å². The molecule has 0 spiro atoms. The number of hydrogen-bond donors (Lipinski definition) is 1. The molecule has 4 heteroatoms. The second-order valence-corrected chi connectivity index (χ2v) is 7.69. The summed E-state index contributed by atoms with van der Waals surface area (Å²) in [6, 6.07) is 0.204. The van der Waals surface area contributed by atoms with Crippen LogP contribution in [0.3, 0.4) is 0 Å². The van der Waals surface area contributed by atoms with E-state index in [0.717, 1.165) is 25.0 Å². The molecule has 0 amide bonds. The van der Waals surface area contributed by atoms with Crippen molar-refractivity contribution in [3.05, 3.63) is 11.9 Å². The van der Waals surface area contributed by atoms with Gasteiger partial charge in [0.15, 0.2) is 5.75 Å². The van der Waals surface area contributed by atoms with Crippen LogP contribution in [0.5, 0.6) is 5.75 Å². The Balaban J connectivity index is 2.58. The SMILES string of the molecule is COc1cnn(C(C)C)c1C1(O)CCCCC1C(C)(C)C. The number of nitrogens with zero attached hydrogens (tertiary/aromatic N) is 2.